The summed E-state index contributed by atoms with van der Waals surface area (Å²) in [5.41, 5.74) is 1.47. The van der Waals surface area contributed by atoms with Gasteiger partial charge in [-0.25, -0.2) is 14.1 Å². The smallest absolute Gasteiger partial charge is 0.406 e. The second-order valence-corrected chi connectivity index (χ2v) is 8.69. The number of imidazole rings is 1. The molecule has 0 fully saturated rings. The molecule has 210 valence electrons. The number of hydrogen-bond acceptors (Lipinski definition) is 8. The summed E-state index contributed by atoms with van der Waals surface area (Å²) in [4.78, 5) is 28.2. The van der Waals surface area contributed by atoms with E-state index in [0.29, 0.717) is 29.9 Å². The van der Waals surface area contributed by atoms with Crippen LogP contribution in [0.4, 0.5) is 23.4 Å². The number of aryl methyl sites for hydroxylation is 1. The fourth-order valence-electron chi connectivity index (χ4n) is 3.64. The van der Waals surface area contributed by atoms with Gasteiger partial charge in [0.1, 0.15) is 17.6 Å². The molecule has 11 nitrogen and oxygen atoms in total. The van der Waals surface area contributed by atoms with Gasteiger partial charge in [0.25, 0.3) is 0 Å². The Morgan fingerprint density at radius 2 is 1.90 bits per heavy atom. The van der Waals surface area contributed by atoms with Crippen LogP contribution in [0.2, 0.25) is 0 Å². The van der Waals surface area contributed by atoms with Gasteiger partial charge in [-0.15, -0.1) is 23.4 Å². The van der Waals surface area contributed by atoms with Gasteiger partial charge >= 0.3 is 6.36 Å². The van der Waals surface area contributed by atoms with Crippen LogP contribution in [0.5, 0.6) is 5.75 Å². The Balaban J connectivity index is 1.24. The second kappa shape index (κ2) is 12.4. The number of nitrogens with zero attached hydrogens (tertiary/aromatic N) is 7. The number of carbonyl (C=O) groups excluding carboxylic acids is 2. The van der Waals surface area contributed by atoms with Gasteiger partial charge in [0, 0.05) is 18.7 Å². The number of benzene rings is 1. The van der Waals surface area contributed by atoms with Gasteiger partial charge in [-0.1, -0.05) is 18.2 Å². The summed E-state index contributed by atoms with van der Waals surface area (Å²) < 4.78 is 58.5. The van der Waals surface area contributed by atoms with Crippen LogP contribution in [0.15, 0.2) is 55.1 Å². The SMILES string of the molecule is CCC(=O)c1cn(C[C@H](F)CCc2ccc(NC(=O)Cc3cn(-c4cccc(OC(F)(F)F)c4)cn3)nn2)nn1. The molecule has 1 aromatic carbocycles. The summed E-state index contributed by atoms with van der Waals surface area (Å²) in [6, 6.07) is 8.50. The first kappa shape index (κ1) is 28.3. The van der Waals surface area contributed by atoms with E-state index in [9.17, 15) is 27.2 Å². The van der Waals surface area contributed by atoms with E-state index < -0.39 is 18.4 Å². The van der Waals surface area contributed by atoms with Gasteiger partial charge in [-0.05, 0) is 37.1 Å². The Morgan fingerprint density at radius 3 is 2.62 bits per heavy atom. The van der Waals surface area contributed by atoms with Crippen LogP contribution in [0.3, 0.4) is 0 Å². The summed E-state index contributed by atoms with van der Waals surface area (Å²) >= 11 is 0. The Labute approximate surface area is 225 Å². The third kappa shape index (κ3) is 8.15. The number of ether oxygens (including phenoxy) is 1. The standard InChI is InChI=1S/C25H24F4N8O3/c1-2-22(38)21-14-37(35-33-21)12-16(26)6-7-17-8-9-23(34-32-17)31-24(39)10-18-13-36(15-30-18)19-4-3-5-20(11-19)40-25(27,28)29/h3-5,8-9,11,13-16H,2,6-7,10,12H2,1H3,(H,31,34,39)/t16-/m1/s1. The largest absolute Gasteiger partial charge is 0.573 e. The zero-order valence-corrected chi connectivity index (χ0v) is 21.2. The lowest BCUT2D eigenvalue weighted by atomic mass is 10.1. The fraction of sp³-hybridized carbons (Fsp3) is 0.320. The summed E-state index contributed by atoms with van der Waals surface area (Å²) in [5.74, 6) is -0.782. The molecule has 3 heterocycles. The molecule has 0 unspecified atom stereocenters. The average Bonchev–Trinajstić information content (AvgIpc) is 3.57. The topological polar surface area (TPSA) is 130 Å². The predicted octanol–water partition coefficient (Wildman–Crippen LogP) is 3.90. The number of halogens is 4. The van der Waals surface area contributed by atoms with E-state index in [-0.39, 0.29) is 42.4 Å². The lowest BCUT2D eigenvalue weighted by Gasteiger charge is -2.10. The normalized spacial score (nSPS) is 12.2. The van der Waals surface area contributed by atoms with Gasteiger partial charge in [0.05, 0.1) is 42.6 Å². The van der Waals surface area contributed by atoms with Gasteiger partial charge in [-0.3, -0.25) is 9.59 Å². The van der Waals surface area contributed by atoms with E-state index in [0.717, 1.165) is 0 Å². The molecular formula is C25H24F4N8O3. The van der Waals surface area contributed by atoms with Crippen LogP contribution in [-0.4, -0.2) is 59.0 Å². The minimum absolute atomic E-state index is 0.0475. The van der Waals surface area contributed by atoms with Gasteiger partial charge in [0.2, 0.25) is 5.91 Å². The Bertz CT molecular complexity index is 1450. The first-order chi connectivity index (χ1) is 19.1. The number of amides is 1. The highest BCUT2D eigenvalue weighted by atomic mass is 19.4. The first-order valence-electron chi connectivity index (χ1n) is 12.2. The maximum absolute atomic E-state index is 14.4. The van der Waals surface area contributed by atoms with Crippen molar-refractivity contribution in [3.8, 4) is 11.4 Å². The molecule has 40 heavy (non-hydrogen) atoms. The van der Waals surface area contributed by atoms with E-state index in [4.69, 9.17) is 0 Å². The van der Waals surface area contributed by atoms with Gasteiger partial charge in [0.15, 0.2) is 11.6 Å². The van der Waals surface area contributed by atoms with Crippen molar-refractivity contribution < 1.29 is 31.9 Å². The molecule has 15 heteroatoms. The number of nitrogens with one attached hydrogen (secondary N) is 1. The van der Waals surface area contributed by atoms with Crippen LogP contribution in [0, 0.1) is 0 Å². The van der Waals surface area contributed by atoms with E-state index in [1.165, 1.54) is 52.2 Å². The van der Waals surface area contributed by atoms with Crippen LogP contribution in [0.1, 0.15) is 41.6 Å². The Morgan fingerprint density at radius 1 is 1.07 bits per heavy atom. The maximum atomic E-state index is 14.4. The fourth-order valence-corrected chi connectivity index (χ4v) is 3.64. The van der Waals surface area contributed by atoms with Crippen molar-refractivity contribution >= 4 is 17.5 Å². The molecule has 4 aromatic rings. The molecule has 1 atom stereocenters. The monoisotopic (exact) mass is 560 g/mol. The number of ketones is 1. The molecular weight excluding hydrogens is 536 g/mol. The van der Waals surface area contributed by atoms with Crippen LogP contribution >= 0.6 is 0 Å². The highest BCUT2D eigenvalue weighted by Gasteiger charge is 2.31. The number of carbonyl (C=O) groups is 2. The number of alkyl halides is 4. The molecule has 3 aromatic heterocycles. The number of Topliss-reactive ketones (excluding diaryl/α,β-unsaturated/α-hetero) is 1. The third-order valence-electron chi connectivity index (χ3n) is 5.56. The van der Waals surface area contributed by atoms with Crippen molar-refractivity contribution in [2.45, 2.75) is 51.7 Å². The quantitative estimate of drug-likeness (QED) is 0.204. The van der Waals surface area contributed by atoms with E-state index in [2.05, 4.69) is 35.5 Å². The molecule has 1 amide bonds. The molecule has 0 saturated carbocycles. The number of aromatic nitrogens is 7. The van der Waals surface area contributed by atoms with Crippen molar-refractivity contribution in [2.75, 3.05) is 5.32 Å². The minimum atomic E-state index is -4.81. The molecule has 0 aliphatic heterocycles. The zero-order chi connectivity index (χ0) is 28.7. The average molecular weight is 561 g/mol. The summed E-state index contributed by atoms with van der Waals surface area (Å²) in [5, 5.41) is 18.1. The molecule has 0 spiro atoms. The number of anilines is 1. The highest BCUT2D eigenvalue weighted by Crippen LogP contribution is 2.24. The second-order valence-electron chi connectivity index (χ2n) is 8.69. The van der Waals surface area contributed by atoms with Crippen molar-refractivity contribution in [1.29, 1.82) is 0 Å². The third-order valence-corrected chi connectivity index (χ3v) is 5.56. The van der Waals surface area contributed by atoms with Crippen molar-refractivity contribution in [1.82, 2.24) is 34.7 Å². The maximum Gasteiger partial charge on any atom is 0.573 e. The van der Waals surface area contributed by atoms with Gasteiger partial charge < -0.3 is 14.6 Å². The van der Waals surface area contributed by atoms with Crippen molar-refractivity contribution in [3.63, 3.8) is 0 Å². The Hall–Kier alpha value is -4.69. The minimum Gasteiger partial charge on any atom is -0.406 e. The van der Waals surface area contributed by atoms with Crippen molar-refractivity contribution in [3.05, 3.63) is 72.2 Å². The van der Waals surface area contributed by atoms with E-state index in [1.807, 2.05) is 0 Å². The van der Waals surface area contributed by atoms with E-state index >= 15 is 0 Å². The van der Waals surface area contributed by atoms with Crippen LogP contribution < -0.4 is 10.1 Å². The first-order valence-corrected chi connectivity index (χ1v) is 12.2. The van der Waals surface area contributed by atoms with Crippen LogP contribution in [-0.2, 0) is 24.2 Å². The summed E-state index contributed by atoms with van der Waals surface area (Å²) in [7, 11) is 0. The van der Waals surface area contributed by atoms with Gasteiger partial charge in [-0.2, -0.15) is 5.10 Å². The van der Waals surface area contributed by atoms with Crippen LogP contribution in [0.25, 0.3) is 5.69 Å². The molecule has 4 rings (SSSR count). The number of hydrogen-bond donors (Lipinski definition) is 1. The molecule has 0 radical (unpaired) electrons. The molecule has 1 N–H and O–H groups in total. The van der Waals surface area contributed by atoms with E-state index in [1.54, 1.807) is 19.1 Å². The number of rotatable bonds is 12. The molecule has 0 aliphatic carbocycles. The predicted molar refractivity (Wildman–Crippen MR) is 132 cm³/mol. The molecule has 0 aliphatic rings. The molecule has 0 saturated heterocycles. The zero-order valence-electron chi connectivity index (χ0n) is 21.2. The molecule has 0 bridgehead atoms. The van der Waals surface area contributed by atoms with Crippen molar-refractivity contribution in [2.24, 2.45) is 0 Å². The lowest BCUT2D eigenvalue weighted by Crippen LogP contribution is -2.17. The summed E-state index contributed by atoms with van der Waals surface area (Å²) in [6.45, 7) is 1.66. The highest BCUT2D eigenvalue weighted by molar-refractivity contribution is 5.93. The summed E-state index contributed by atoms with van der Waals surface area (Å²) in [6.07, 6.45) is -1.14. The lowest BCUT2D eigenvalue weighted by molar-refractivity contribution is -0.274. The Kier molecular flexibility index (Phi) is 8.81.